The van der Waals surface area contributed by atoms with Gasteiger partial charge in [0.1, 0.15) is 16.5 Å². The highest BCUT2D eigenvalue weighted by Crippen LogP contribution is 2.29. The third kappa shape index (κ3) is 4.43. The normalized spacial score (nSPS) is 15.7. The molecule has 11 heteroatoms. The highest BCUT2D eigenvalue weighted by molar-refractivity contribution is 7.92. The third-order valence-corrected chi connectivity index (χ3v) is 8.19. The number of hydrogen-bond donors (Lipinski definition) is 1. The van der Waals surface area contributed by atoms with Crippen LogP contribution in [0.5, 0.6) is 5.75 Å². The number of sulfonamides is 2. The molecule has 1 aliphatic rings. The number of nitrogens with zero attached hydrogens (tertiary/aromatic N) is 1. The molecule has 3 rings (SSSR count). The largest absolute Gasteiger partial charge is 0.496 e. The van der Waals surface area contributed by atoms with Crippen molar-refractivity contribution in [2.45, 2.75) is 23.6 Å². The molecule has 0 bridgehead atoms. The fourth-order valence-electron chi connectivity index (χ4n) is 3.17. The number of aryl methyl sites for hydroxylation is 2. The zero-order chi connectivity index (χ0) is 22.1. The Morgan fingerprint density at radius 3 is 2.30 bits per heavy atom. The van der Waals surface area contributed by atoms with Gasteiger partial charge >= 0.3 is 0 Å². The Morgan fingerprint density at radius 2 is 1.67 bits per heavy atom. The monoisotopic (exact) mass is 458 g/mol. The fourth-order valence-corrected chi connectivity index (χ4v) is 6.03. The van der Waals surface area contributed by atoms with E-state index in [0.29, 0.717) is 16.9 Å². The predicted molar refractivity (Wildman–Crippen MR) is 109 cm³/mol. The molecule has 30 heavy (non-hydrogen) atoms. The molecule has 0 aliphatic carbocycles. The van der Waals surface area contributed by atoms with Gasteiger partial charge in [0.2, 0.25) is 10.0 Å². The van der Waals surface area contributed by atoms with Gasteiger partial charge in [0.05, 0.1) is 30.9 Å². The number of halogens is 1. The quantitative estimate of drug-likeness (QED) is 0.713. The maximum atomic E-state index is 14.3. The van der Waals surface area contributed by atoms with Crippen LogP contribution < -0.4 is 9.46 Å². The first-order chi connectivity index (χ1) is 14.1. The summed E-state index contributed by atoms with van der Waals surface area (Å²) in [6, 6.07) is 6.16. The number of methoxy groups -OCH3 is 1. The van der Waals surface area contributed by atoms with E-state index in [-0.39, 0.29) is 36.9 Å². The minimum absolute atomic E-state index is 0.0164. The Kier molecular flexibility index (Phi) is 6.37. The number of ether oxygens (including phenoxy) is 2. The maximum Gasteiger partial charge on any atom is 0.262 e. The van der Waals surface area contributed by atoms with Gasteiger partial charge in [0.25, 0.3) is 10.0 Å². The summed E-state index contributed by atoms with van der Waals surface area (Å²) in [7, 11) is -6.69. The van der Waals surface area contributed by atoms with Crippen LogP contribution in [0, 0.1) is 19.7 Å². The average molecular weight is 459 g/mol. The molecule has 1 heterocycles. The average Bonchev–Trinajstić information content (AvgIpc) is 2.71. The van der Waals surface area contributed by atoms with Gasteiger partial charge in [-0.15, -0.1) is 0 Å². The van der Waals surface area contributed by atoms with Crippen molar-refractivity contribution in [1.82, 2.24) is 4.31 Å². The standard InChI is InChI=1S/C19H23FN2O6S2/c1-13-11-18(14(2)10-17(13)27-3)29(23,24)21-15-4-5-16(20)19(12-15)30(25,26)22-6-8-28-9-7-22/h4-5,10-12,21H,6-9H2,1-3H3. The van der Waals surface area contributed by atoms with Gasteiger partial charge in [-0.2, -0.15) is 4.31 Å². The number of benzene rings is 2. The summed E-state index contributed by atoms with van der Waals surface area (Å²) < 4.78 is 79.5. The first-order valence-electron chi connectivity index (χ1n) is 9.12. The number of anilines is 1. The lowest BCUT2D eigenvalue weighted by atomic mass is 10.1. The third-order valence-electron chi connectivity index (χ3n) is 4.75. The molecular formula is C19H23FN2O6S2. The molecule has 1 fully saturated rings. The lowest BCUT2D eigenvalue weighted by molar-refractivity contribution is 0.0729. The first kappa shape index (κ1) is 22.5. The molecule has 0 amide bonds. The van der Waals surface area contributed by atoms with Crippen molar-refractivity contribution in [2.75, 3.05) is 38.1 Å². The predicted octanol–water partition coefficient (Wildman–Crippen LogP) is 2.27. The molecule has 8 nitrogen and oxygen atoms in total. The van der Waals surface area contributed by atoms with E-state index >= 15 is 0 Å². The van der Waals surface area contributed by atoms with Crippen LogP contribution in [0.1, 0.15) is 11.1 Å². The van der Waals surface area contributed by atoms with Crippen LogP contribution in [0.2, 0.25) is 0 Å². The topological polar surface area (TPSA) is 102 Å². The molecule has 164 valence electrons. The van der Waals surface area contributed by atoms with Crippen molar-refractivity contribution < 1.29 is 30.7 Å². The molecule has 0 atom stereocenters. The maximum absolute atomic E-state index is 14.3. The van der Waals surface area contributed by atoms with Gasteiger partial charge in [-0.25, -0.2) is 21.2 Å². The van der Waals surface area contributed by atoms with Crippen LogP contribution in [0.25, 0.3) is 0 Å². The van der Waals surface area contributed by atoms with Crippen molar-refractivity contribution in [1.29, 1.82) is 0 Å². The second-order valence-corrected chi connectivity index (χ2v) is 10.4. The van der Waals surface area contributed by atoms with Crippen molar-refractivity contribution in [3.8, 4) is 5.75 Å². The van der Waals surface area contributed by atoms with Gasteiger partial charge in [0.15, 0.2) is 0 Å². The summed E-state index contributed by atoms with van der Waals surface area (Å²) in [6.45, 7) is 3.95. The van der Waals surface area contributed by atoms with E-state index in [0.717, 1.165) is 16.4 Å². The van der Waals surface area contributed by atoms with E-state index in [1.54, 1.807) is 19.9 Å². The van der Waals surface area contributed by atoms with Crippen LogP contribution >= 0.6 is 0 Å². The SMILES string of the molecule is COc1cc(C)c(S(=O)(=O)Nc2ccc(F)c(S(=O)(=O)N3CCOCC3)c2)cc1C. The molecule has 0 saturated carbocycles. The fraction of sp³-hybridized carbons (Fsp3) is 0.368. The summed E-state index contributed by atoms with van der Waals surface area (Å²) in [6.07, 6.45) is 0. The van der Waals surface area contributed by atoms with E-state index in [4.69, 9.17) is 9.47 Å². The summed E-state index contributed by atoms with van der Waals surface area (Å²) in [5.41, 5.74) is 1.02. The Bertz CT molecular complexity index is 1160. The summed E-state index contributed by atoms with van der Waals surface area (Å²) in [5, 5.41) is 0. The molecule has 2 aromatic carbocycles. The van der Waals surface area contributed by atoms with Crippen LogP contribution in [0.3, 0.4) is 0 Å². The number of morpholine rings is 1. The Morgan fingerprint density at radius 1 is 1.00 bits per heavy atom. The van der Waals surface area contributed by atoms with E-state index < -0.39 is 30.8 Å². The van der Waals surface area contributed by atoms with Gasteiger partial charge < -0.3 is 9.47 Å². The lowest BCUT2D eigenvalue weighted by Crippen LogP contribution is -2.40. The van der Waals surface area contributed by atoms with E-state index in [2.05, 4.69) is 4.72 Å². The Labute approximate surface area is 175 Å². The molecular weight excluding hydrogens is 435 g/mol. The Balaban J connectivity index is 1.96. The molecule has 2 aromatic rings. The van der Waals surface area contributed by atoms with Crippen molar-refractivity contribution >= 4 is 25.7 Å². The zero-order valence-electron chi connectivity index (χ0n) is 16.8. The van der Waals surface area contributed by atoms with Gasteiger partial charge in [-0.05, 0) is 55.3 Å². The van der Waals surface area contributed by atoms with Crippen molar-refractivity contribution in [2.24, 2.45) is 0 Å². The number of nitrogens with one attached hydrogen (secondary N) is 1. The van der Waals surface area contributed by atoms with Gasteiger partial charge in [-0.3, -0.25) is 4.72 Å². The molecule has 1 N–H and O–H groups in total. The van der Waals surface area contributed by atoms with Crippen molar-refractivity contribution in [3.63, 3.8) is 0 Å². The molecule has 1 aliphatic heterocycles. The highest BCUT2D eigenvalue weighted by Gasteiger charge is 2.30. The molecule has 0 aromatic heterocycles. The van der Waals surface area contributed by atoms with Gasteiger partial charge in [0, 0.05) is 13.1 Å². The smallest absolute Gasteiger partial charge is 0.262 e. The second-order valence-electron chi connectivity index (χ2n) is 6.85. The lowest BCUT2D eigenvalue weighted by Gasteiger charge is -2.26. The molecule has 0 unspecified atom stereocenters. The van der Waals surface area contributed by atoms with Crippen LogP contribution in [0.4, 0.5) is 10.1 Å². The molecule has 0 spiro atoms. The van der Waals surface area contributed by atoms with E-state index in [9.17, 15) is 21.2 Å². The van der Waals surface area contributed by atoms with Crippen LogP contribution in [-0.4, -0.2) is 54.6 Å². The molecule has 1 saturated heterocycles. The summed E-state index contributed by atoms with van der Waals surface area (Å²) in [5.74, 6) is -0.409. The molecule has 0 radical (unpaired) electrons. The zero-order valence-corrected chi connectivity index (χ0v) is 18.4. The second kappa shape index (κ2) is 8.50. The number of rotatable bonds is 6. The van der Waals surface area contributed by atoms with Gasteiger partial charge in [-0.1, -0.05) is 0 Å². The van der Waals surface area contributed by atoms with E-state index in [1.165, 1.54) is 19.2 Å². The minimum Gasteiger partial charge on any atom is -0.496 e. The minimum atomic E-state index is -4.13. The van der Waals surface area contributed by atoms with Crippen molar-refractivity contribution in [3.05, 3.63) is 47.3 Å². The summed E-state index contributed by atoms with van der Waals surface area (Å²) >= 11 is 0. The Hall–Kier alpha value is -2.21. The van der Waals surface area contributed by atoms with Crippen LogP contribution in [0.15, 0.2) is 40.1 Å². The summed E-state index contributed by atoms with van der Waals surface area (Å²) in [4.78, 5) is -0.574. The van der Waals surface area contributed by atoms with E-state index in [1.807, 2.05) is 0 Å². The highest BCUT2D eigenvalue weighted by atomic mass is 32.2. The first-order valence-corrected chi connectivity index (χ1v) is 12.0. The number of hydrogen-bond acceptors (Lipinski definition) is 6. The van der Waals surface area contributed by atoms with Crippen LogP contribution in [-0.2, 0) is 24.8 Å².